The highest BCUT2D eigenvalue weighted by atomic mass is 16.5. The van der Waals surface area contributed by atoms with Crippen molar-refractivity contribution >= 4 is 5.97 Å². The summed E-state index contributed by atoms with van der Waals surface area (Å²) in [5, 5.41) is 0. The molecule has 2 nitrogen and oxygen atoms in total. The van der Waals surface area contributed by atoms with Crippen molar-refractivity contribution in [2.75, 3.05) is 7.11 Å². The van der Waals surface area contributed by atoms with E-state index in [0.29, 0.717) is 6.42 Å². The molecule has 0 aliphatic heterocycles. The first kappa shape index (κ1) is 18.5. The molecule has 0 saturated heterocycles. The summed E-state index contributed by atoms with van der Waals surface area (Å²) in [6, 6.07) is 0. The number of unbranched alkanes of at least 4 members (excludes halogenated alkanes) is 6. The van der Waals surface area contributed by atoms with E-state index in [1.165, 1.54) is 84.2 Å². The highest BCUT2D eigenvalue weighted by molar-refractivity contribution is 5.68. The molecule has 0 aromatic heterocycles. The SMILES string of the molecule is CCCCCCCCC1CCCC1CCCCC(=O)OC. The smallest absolute Gasteiger partial charge is 0.305 e. The first-order valence-electron chi connectivity index (χ1n) is 9.34. The molecule has 1 aliphatic carbocycles. The normalized spacial score (nSPS) is 21.6. The van der Waals surface area contributed by atoms with Crippen molar-refractivity contribution in [2.45, 2.75) is 96.8 Å². The number of ether oxygens (including phenoxy) is 1. The van der Waals surface area contributed by atoms with Gasteiger partial charge in [0.05, 0.1) is 7.11 Å². The fourth-order valence-corrected chi connectivity index (χ4v) is 3.84. The van der Waals surface area contributed by atoms with Gasteiger partial charge in [-0.2, -0.15) is 0 Å². The van der Waals surface area contributed by atoms with E-state index in [4.69, 9.17) is 4.74 Å². The molecule has 1 aliphatic rings. The molecule has 0 aromatic carbocycles. The van der Waals surface area contributed by atoms with Crippen molar-refractivity contribution in [3.8, 4) is 0 Å². The Morgan fingerprint density at radius 3 is 2.10 bits per heavy atom. The molecule has 1 fully saturated rings. The second-order valence-corrected chi connectivity index (χ2v) is 6.83. The second kappa shape index (κ2) is 12.1. The third-order valence-electron chi connectivity index (χ3n) is 5.18. The zero-order valence-corrected chi connectivity index (χ0v) is 14.4. The van der Waals surface area contributed by atoms with Gasteiger partial charge >= 0.3 is 5.97 Å². The maximum Gasteiger partial charge on any atom is 0.305 e. The Bertz CT molecular complexity index is 262. The summed E-state index contributed by atoms with van der Waals surface area (Å²) in [5.41, 5.74) is 0. The van der Waals surface area contributed by atoms with Crippen LogP contribution in [-0.4, -0.2) is 13.1 Å². The maximum atomic E-state index is 11.1. The molecule has 0 heterocycles. The molecule has 0 N–H and O–H groups in total. The van der Waals surface area contributed by atoms with Crippen LogP contribution in [0.4, 0.5) is 0 Å². The van der Waals surface area contributed by atoms with Crippen LogP contribution in [0.2, 0.25) is 0 Å². The molecule has 0 aromatic rings. The van der Waals surface area contributed by atoms with E-state index in [-0.39, 0.29) is 5.97 Å². The average Bonchev–Trinajstić information content (AvgIpc) is 2.94. The number of carbonyl (C=O) groups is 1. The van der Waals surface area contributed by atoms with Gasteiger partial charge in [0.15, 0.2) is 0 Å². The van der Waals surface area contributed by atoms with Crippen molar-refractivity contribution in [1.29, 1.82) is 0 Å². The van der Waals surface area contributed by atoms with Crippen LogP contribution >= 0.6 is 0 Å². The van der Waals surface area contributed by atoms with Gasteiger partial charge in [-0.05, 0) is 18.3 Å². The van der Waals surface area contributed by atoms with Crippen LogP contribution in [0.1, 0.15) is 96.8 Å². The van der Waals surface area contributed by atoms with Gasteiger partial charge in [-0.25, -0.2) is 0 Å². The fraction of sp³-hybridized carbons (Fsp3) is 0.947. The fourth-order valence-electron chi connectivity index (χ4n) is 3.84. The molecule has 2 atom stereocenters. The number of rotatable bonds is 12. The van der Waals surface area contributed by atoms with Crippen molar-refractivity contribution in [3.05, 3.63) is 0 Å². The third kappa shape index (κ3) is 8.48. The van der Waals surface area contributed by atoms with E-state index in [2.05, 4.69) is 6.92 Å². The van der Waals surface area contributed by atoms with Crippen molar-refractivity contribution in [2.24, 2.45) is 11.8 Å². The lowest BCUT2D eigenvalue weighted by Crippen LogP contribution is -2.08. The summed E-state index contributed by atoms with van der Waals surface area (Å²) < 4.78 is 4.70. The quantitative estimate of drug-likeness (QED) is 0.332. The van der Waals surface area contributed by atoms with Crippen LogP contribution in [0.25, 0.3) is 0 Å². The molecule has 0 radical (unpaired) electrons. The van der Waals surface area contributed by atoms with E-state index in [1.54, 1.807) is 0 Å². The summed E-state index contributed by atoms with van der Waals surface area (Å²) >= 11 is 0. The molecule has 1 saturated carbocycles. The minimum atomic E-state index is -0.0509. The number of esters is 1. The first-order chi connectivity index (χ1) is 10.3. The van der Waals surface area contributed by atoms with Crippen LogP contribution in [0.15, 0.2) is 0 Å². The Morgan fingerprint density at radius 1 is 0.905 bits per heavy atom. The summed E-state index contributed by atoms with van der Waals surface area (Å²) in [5.74, 6) is 1.87. The average molecular weight is 296 g/mol. The van der Waals surface area contributed by atoms with Crippen LogP contribution in [0.3, 0.4) is 0 Å². The lowest BCUT2D eigenvalue weighted by molar-refractivity contribution is -0.140. The molecule has 21 heavy (non-hydrogen) atoms. The molecule has 0 bridgehead atoms. The molecule has 2 heteroatoms. The van der Waals surface area contributed by atoms with Crippen molar-refractivity contribution in [3.63, 3.8) is 0 Å². The Morgan fingerprint density at radius 2 is 1.48 bits per heavy atom. The Kier molecular flexibility index (Phi) is 10.6. The van der Waals surface area contributed by atoms with E-state index >= 15 is 0 Å². The van der Waals surface area contributed by atoms with Gasteiger partial charge in [-0.15, -0.1) is 0 Å². The monoisotopic (exact) mass is 296 g/mol. The van der Waals surface area contributed by atoms with Crippen molar-refractivity contribution in [1.82, 2.24) is 0 Å². The largest absolute Gasteiger partial charge is 0.469 e. The molecular formula is C19H36O2. The van der Waals surface area contributed by atoms with Gasteiger partial charge in [-0.1, -0.05) is 84.0 Å². The van der Waals surface area contributed by atoms with Crippen molar-refractivity contribution < 1.29 is 9.53 Å². The van der Waals surface area contributed by atoms with E-state index in [1.807, 2.05) is 0 Å². The van der Waals surface area contributed by atoms with Crippen LogP contribution in [0.5, 0.6) is 0 Å². The summed E-state index contributed by atoms with van der Waals surface area (Å²) in [6.07, 6.45) is 18.4. The predicted octanol–water partition coefficient (Wildman–Crippen LogP) is 5.89. The van der Waals surface area contributed by atoms with Gasteiger partial charge in [0.1, 0.15) is 0 Å². The van der Waals surface area contributed by atoms with Gasteiger partial charge in [0, 0.05) is 6.42 Å². The number of hydrogen-bond donors (Lipinski definition) is 0. The molecule has 1 rings (SSSR count). The second-order valence-electron chi connectivity index (χ2n) is 6.83. The van der Waals surface area contributed by atoms with E-state index in [9.17, 15) is 4.79 Å². The predicted molar refractivity (Wildman–Crippen MR) is 89.3 cm³/mol. The third-order valence-corrected chi connectivity index (χ3v) is 5.18. The molecular weight excluding hydrogens is 260 g/mol. The summed E-state index contributed by atoms with van der Waals surface area (Å²) in [7, 11) is 1.48. The molecule has 0 amide bonds. The van der Waals surface area contributed by atoms with Gasteiger partial charge in [-0.3, -0.25) is 4.79 Å². The van der Waals surface area contributed by atoms with Crippen LogP contribution in [-0.2, 0) is 9.53 Å². The van der Waals surface area contributed by atoms with E-state index in [0.717, 1.165) is 18.3 Å². The van der Waals surface area contributed by atoms with Crippen LogP contribution < -0.4 is 0 Å². The lowest BCUT2D eigenvalue weighted by atomic mass is 9.87. The molecule has 2 unspecified atom stereocenters. The molecule has 0 spiro atoms. The number of hydrogen-bond acceptors (Lipinski definition) is 2. The number of carbonyl (C=O) groups excluding carboxylic acids is 1. The number of methoxy groups -OCH3 is 1. The Labute approximate surface area is 132 Å². The summed E-state index contributed by atoms with van der Waals surface area (Å²) in [6.45, 7) is 2.28. The zero-order valence-electron chi connectivity index (χ0n) is 14.4. The first-order valence-corrected chi connectivity index (χ1v) is 9.34. The van der Waals surface area contributed by atoms with E-state index < -0.39 is 0 Å². The van der Waals surface area contributed by atoms with Gasteiger partial charge in [0.2, 0.25) is 0 Å². The van der Waals surface area contributed by atoms with Gasteiger partial charge < -0.3 is 4.74 Å². The Hall–Kier alpha value is -0.530. The minimum Gasteiger partial charge on any atom is -0.469 e. The molecule has 124 valence electrons. The topological polar surface area (TPSA) is 26.3 Å². The highest BCUT2D eigenvalue weighted by Gasteiger charge is 2.26. The van der Waals surface area contributed by atoms with Gasteiger partial charge in [0.25, 0.3) is 0 Å². The Balaban J connectivity index is 2.04. The standard InChI is InChI=1S/C19H36O2/c1-3-4-5-6-7-8-12-17-14-11-15-18(17)13-9-10-16-19(20)21-2/h17-18H,3-16H2,1-2H3. The zero-order chi connectivity index (χ0) is 15.3. The van der Waals surface area contributed by atoms with Crippen LogP contribution in [0, 0.1) is 11.8 Å². The summed E-state index contributed by atoms with van der Waals surface area (Å²) in [4.78, 5) is 11.1. The minimum absolute atomic E-state index is 0.0509. The maximum absolute atomic E-state index is 11.1. The lowest BCUT2D eigenvalue weighted by Gasteiger charge is -2.19. The highest BCUT2D eigenvalue weighted by Crippen LogP contribution is 2.38.